The summed E-state index contributed by atoms with van der Waals surface area (Å²) in [7, 11) is 0. The van der Waals surface area contributed by atoms with E-state index in [0.717, 1.165) is 23.6 Å². The lowest BCUT2D eigenvalue weighted by molar-refractivity contribution is 0.0999. The minimum absolute atomic E-state index is 0.254. The summed E-state index contributed by atoms with van der Waals surface area (Å²) in [5, 5.41) is 0.829. The summed E-state index contributed by atoms with van der Waals surface area (Å²) < 4.78 is 0. The van der Waals surface area contributed by atoms with E-state index in [0.29, 0.717) is 11.3 Å². The summed E-state index contributed by atoms with van der Waals surface area (Å²) in [6.07, 6.45) is 1.97. The van der Waals surface area contributed by atoms with Crippen LogP contribution in [0.3, 0.4) is 0 Å². The van der Waals surface area contributed by atoms with E-state index in [1.54, 1.807) is 6.07 Å². The van der Waals surface area contributed by atoms with Crippen molar-refractivity contribution >= 4 is 17.5 Å². The number of aromatic nitrogens is 1. The largest absolute Gasteiger partial charge is 0.366 e. The van der Waals surface area contributed by atoms with Gasteiger partial charge in [-0.25, -0.2) is 0 Å². The van der Waals surface area contributed by atoms with Crippen LogP contribution in [0.2, 0.25) is 5.02 Å². The zero-order valence-corrected chi connectivity index (χ0v) is 11.9. The number of hydrogen-bond acceptors (Lipinski definition) is 2. The van der Waals surface area contributed by atoms with Gasteiger partial charge in [-0.3, -0.25) is 9.78 Å². The minimum Gasteiger partial charge on any atom is -0.366 e. The van der Waals surface area contributed by atoms with Gasteiger partial charge in [0.2, 0.25) is 0 Å². The topological polar surface area (TPSA) is 56.0 Å². The summed E-state index contributed by atoms with van der Waals surface area (Å²) in [4.78, 5) is 15.8. The van der Waals surface area contributed by atoms with Gasteiger partial charge in [0.15, 0.2) is 0 Å². The second kappa shape index (κ2) is 4.91. The van der Waals surface area contributed by atoms with Crippen molar-refractivity contribution in [1.29, 1.82) is 0 Å². The summed E-state index contributed by atoms with van der Waals surface area (Å²) in [6.45, 7) is 1.82. The molecule has 1 aliphatic rings. The normalized spacial score (nSPS) is 17.0. The molecule has 0 saturated carbocycles. The number of benzene rings is 1. The third-order valence-electron chi connectivity index (χ3n) is 3.94. The van der Waals surface area contributed by atoms with E-state index in [4.69, 9.17) is 17.3 Å². The van der Waals surface area contributed by atoms with E-state index in [9.17, 15) is 4.79 Å². The highest BCUT2D eigenvalue weighted by atomic mass is 35.5. The molecule has 3 rings (SSSR count). The molecule has 1 aliphatic carbocycles. The van der Waals surface area contributed by atoms with Crippen molar-refractivity contribution in [3.05, 3.63) is 63.4 Å². The molecule has 1 atom stereocenters. The van der Waals surface area contributed by atoms with Gasteiger partial charge in [0.25, 0.3) is 5.91 Å². The zero-order chi connectivity index (χ0) is 14.3. The van der Waals surface area contributed by atoms with Crippen LogP contribution < -0.4 is 5.73 Å². The van der Waals surface area contributed by atoms with E-state index >= 15 is 0 Å². The van der Waals surface area contributed by atoms with Gasteiger partial charge in [-0.05, 0) is 49.1 Å². The number of carbonyl (C=O) groups excluding carboxylic acids is 1. The predicted octanol–water partition coefficient (Wildman–Crippen LogP) is 3.22. The molecule has 1 aromatic heterocycles. The Labute approximate surface area is 122 Å². The number of fused-ring (bicyclic) bond motifs is 1. The van der Waals surface area contributed by atoms with E-state index in [1.807, 2.05) is 25.1 Å². The molecule has 1 amide bonds. The Kier molecular flexibility index (Phi) is 3.22. The SMILES string of the molecule is Cc1nc([C@@H]2CCc3c(Cl)cccc32)ccc1C(N)=O. The van der Waals surface area contributed by atoms with Gasteiger partial charge in [0.1, 0.15) is 0 Å². The van der Waals surface area contributed by atoms with Crippen LogP contribution in [0.25, 0.3) is 0 Å². The number of primary amides is 1. The average molecular weight is 287 g/mol. The smallest absolute Gasteiger partial charge is 0.250 e. The number of amides is 1. The molecule has 2 N–H and O–H groups in total. The Morgan fingerprint density at radius 1 is 1.35 bits per heavy atom. The van der Waals surface area contributed by atoms with Crippen molar-refractivity contribution < 1.29 is 4.79 Å². The molecule has 0 spiro atoms. The van der Waals surface area contributed by atoms with Crippen LogP contribution in [-0.2, 0) is 6.42 Å². The van der Waals surface area contributed by atoms with Gasteiger partial charge >= 0.3 is 0 Å². The first-order chi connectivity index (χ1) is 9.58. The van der Waals surface area contributed by atoms with Gasteiger partial charge in [-0.2, -0.15) is 0 Å². The Morgan fingerprint density at radius 2 is 2.15 bits per heavy atom. The number of pyridine rings is 1. The second-order valence-corrected chi connectivity index (χ2v) is 5.54. The molecule has 20 heavy (non-hydrogen) atoms. The maximum atomic E-state index is 11.3. The number of nitrogens with two attached hydrogens (primary N) is 1. The molecule has 0 bridgehead atoms. The van der Waals surface area contributed by atoms with Crippen molar-refractivity contribution in [2.45, 2.75) is 25.7 Å². The summed E-state index contributed by atoms with van der Waals surface area (Å²) >= 11 is 6.24. The van der Waals surface area contributed by atoms with Crippen molar-refractivity contribution in [3.63, 3.8) is 0 Å². The van der Waals surface area contributed by atoms with Crippen LogP contribution in [0, 0.1) is 6.92 Å². The monoisotopic (exact) mass is 286 g/mol. The summed E-state index contributed by atoms with van der Waals surface area (Å²) in [6, 6.07) is 9.68. The minimum atomic E-state index is -0.434. The number of carbonyl (C=O) groups is 1. The molecule has 0 aliphatic heterocycles. The molecule has 1 heterocycles. The molecule has 0 radical (unpaired) electrons. The molecule has 4 heteroatoms. The molecular weight excluding hydrogens is 272 g/mol. The third kappa shape index (κ3) is 2.08. The van der Waals surface area contributed by atoms with Gasteiger partial charge in [-0.1, -0.05) is 23.7 Å². The Bertz CT molecular complexity index is 697. The fourth-order valence-corrected chi connectivity index (χ4v) is 3.23. The Hall–Kier alpha value is -1.87. The maximum Gasteiger partial charge on any atom is 0.250 e. The molecular formula is C16H15ClN2O. The maximum absolute atomic E-state index is 11.3. The van der Waals surface area contributed by atoms with Gasteiger partial charge in [0.05, 0.1) is 11.3 Å². The van der Waals surface area contributed by atoms with Crippen LogP contribution in [0.5, 0.6) is 0 Å². The van der Waals surface area contributed by atoms with E-state index < -0.39 is 5.91 Å². The third-order valence-corrected chi connectivity index (χ3v) is 4.30. The number of aryl methyl sites for hydroxylation is 1. The van der Waals surface area contributed by atoms with Crippen molar-refractivity contribution in [1.82, 2.24) is 4.98 Å². The first-order valence-electron chi connectivity index (χ1n) is 6.62. The van der Waals surface area contributed by atoms with Crippen LogP contribution in [0.4, 0.5) is 0 Å². The zero-order valence-electron chi connectivity index (χ0n) is 11.2. The fourth-order valence-electron chi connectivity index (χ4n) is 2.95. The van der Waals surface area contributed by atoms with Crippen LogP contribution in [0.1, 0.15) is 45.2 Å². The Morgan fingerprint density at radius 3 is 2.85 bits per heavy atom. The summed E-state index contributed by atoms with van der Waals surface area (Å²) in [5.41, 5.74) is 9.93. The van der Waals surface area contributed by atoms with Crippen molar-refractivity contribution in [2.75, 3.05) is 0 Å². The average Bonchev–Trinajstić information content (AvgIpc) is 2.83. The number of hydrogen-bond donors (Lipinski definition) is 1. The van der Waals surface area contributed by atoms with E-state index in [2.05, 4.69) is 11.1 Å². The molecule has 3 nitrogen and oxygen atoms in total. The molecule has 2 aromatic rings. The Balaban J connectivity index is 2.03. The standard InChI is InChI=1S/C16H15ClN2O/c1-9-10(16(18)20)7-8-15(19-9)13-6-5-12-11(13)3-2-4-14(12)17/h2-4,7-8,13H,5-6H2,1H3,(H2,18,20)/t13-/m1/s1. The first kappa shape index (κ1) is 13.1. The molecule has 1 aromatic carbocycles. The number of rotatable bonds is 2. The van der Waals surface area contributed by atoms with Crippen molar-refractivity contribution in [2.24, 2.45) is 5.73 Å². The lowest BCUT2D eigenvalue weighted by atomic mass is 9.96. The van der Waals surface area contributed by atoms with E-state index in [-0.39, 0.29) is 5.92 Å². The van der Waals surface area contributed by atoms with Crippen LogP contribution in [-0.4, -0.2) is 10.9 Å². The van der Waals surface area contributed by atoms with Gasteiger partial charge in [0, 0.05) is 16.6 Å². The number of halogens is 1. The predicted molar refractivity (Wildman–Crippen MR) is 79.1 cm³/mol. The molecule has 0 saturated heterocycles. The highest BCUT2D eigenvalue weighted by molar-refractivity contribution is 6.31. The summed E-state index contributed by atoms with van der Waals surface area (Å²) in [5.74, 6) is -0.180. The number of nitrogens with zero attached hydrogens (tertiary/aromatic N) is 1. The second-order valence-electron chi connectivity index (χ2n) is 5.13. The molecule has 102 valence electrons. The van der Waals surface area contributed by atoms with Crippen LogP contribution >= 0.6 is 11.6 Å². The van der Waals surface area contributed by atoms with Crippen LogP contribution in [0.15, 0.2) is 30.3 Å². The van der Waals surface area contributed by atoms with E-state index in [1.165, 1.54) is 11.1 Å². The lowest BCUT2D eigenvalue weighted by Gasteiger charge is -2.13. The molecule has 0 fully saturated rings. The fraction of sp³-hybridized carbons (Fsp3) is 0.250. The molecule has 0 unspecified atom stereocenters. The van der Waals surface area contributed by atoms with Gasteiger partial charge < -0.3 is 5.73 Å². The quantitative estimate of drug-likeness (QED) is 0.921. The highest BCUT2D eigenvalue weighted by Gasteiger charge is 2.26. The van der Waals surface area contributed by atoms with Gasteiger partial charge in [-0.15, -0.1) is 0 Å². The van der Waals surface area contributed by atoms with Crippen molar-refractivity contribution in [3.8, 4) is 0 Å². The lowest BCUT2D eigenvalue weighted by Crippen LogP contribution is -2.14. The first-order valence-corrected chi connectivity index (χ1v) is 7.00. The highest BCUT2D eigenvalue weighted by Crippen LogP contribution is 2.40.